The number of carbonyl (C=O) groups is 3. The molecule has 0 atom stereocenters. The number of hydrazine groups is 1. The molecule has 2 N–H and O–H groups in total. The Morgan fingerprint density at radius 1 is 1.04 bits per heavy atom. The standard InChI is InChI=1S/C16H17N3O3S2/c1-19(2)14(20)10-24-12-7-4-3-6-11(12)15(21)17-18-16(22)13-8-5-9-23-13/h3-9H,10H2,1-2H3,(H,17,21)(H,18,22). The maximum atomic E-state index is 12.3. The lowest BCUT2D eigenvalue weighted by molar-refractivity contribution is -0.125. The first-order valence-electron chi connectivity index (χ1n) is 7.05. The van der Waals surface area contributed by atoms with Gasteiger partial charge in [0.2, 0.25) is 5.91 Å². The van der Waals surface area contributed by atoms with Crippen molar-refractivity contribution in [2.75, 3.05) is 19.8 Å². The van der Waals surface area contributed by atoms with Crippen LogP contribution < -0.4 is 10.9 Å². The molecule has 0 saturated carbocycles. The van der Waals surface area contributed by atoms with Crippen molar-refractivity contribution in [2.45, 2.75) is 4.90 Å². The molecule has 3 amide bonds. The summed E-state index contributed by atoms with van der Waals surface area (Å²) in [5.74, 6) is -0.605. The van der Waals surface area contributed by atoms with Crippen LogP contribution in [-0.2, 0) is 4.79 Å². The molecule has 1 aromatic carbocycles. The van der Waals surface area contributed by atoms with Crippen molar-refractivity contribution >= 4 is 40.8 Å². The van der Waals surface area contributed by atoms with Gasteiger partial charge in [0.25, 0.3) is 11.8 Å². The molecule has 0 saturated heterocycles. The van der Waals surface area contributed by atoms with E-state index >= 15 is 0 Å². The molecule has 0 spiro atoms. The fourth-order valence-corrected chi connectivity index (χ4v) is 3.35. The summed E-state index contributed by atoms with van der Waals surface area (Å²) in [5, 5.41) is 1.78. The van der Waals surface area contributed by atoms with Crippen LogP contribution >= 0.6 is 23.1 Å². The summed E-state index contributed by atoms with van der Waals surface area (Å²) in [7, 11) is 3.36. The average Bonchev–Trinajstić information content (AvgIpc) is 3.12. The third kappa shape index (κ3) is 4.84. The van der Waals surface area contributed by atoms with Crippen molar-refractivity contribution in [1.82, 2.24) is 15.8 Å². The highest BCUT2D eigenvalue weighted by Crippen LogP contribution is 2.22. The molecule has 0 aliphatic carbocycles. The molecule has 24 heavy (non-hydrogen) atoms. The Morgan fingerprint density at radius 3 is 2.42 bits per heavy atom. The van der Waals surface area contributed by atoms with Gasteiger partial charge in [0.1, 0.15) is 0 Å². The fourth-order valence-electron chi connectivity index (χ4n) is 1.70. The summed E-state index contributed by atoms with van der Waals surface area (Å²) in [6.07, 6.45) is 0. The fraction of sp³-hybridized carbons (Fsp3) is 0.188. The zero-order chi connectivity index (χ0) is 17.5. The number of thioether (sulfide) groups is 1. The molecule has 1 heterocycles. The number of benzene rings is 1. The Bertz CT molecular complexity index is 730. The van der Waals surface area contributed by atoms with Crippen LogP contribution in [0.25, 0.3) is 0 Å². The number of thiophene rings is 1. The number of hydrogen-bond acceptors (Lipinski definition) is 5. The molecule has 8 heteroatoms. The topological polar surface area (TPSA) is 78.5 Å². The highest BCUT2D eigenvalue weighted by molar-refractivity contribution is 8.00. The van der Waals surface area contributed by atoms with Crippen LogP contribution in [-0.4, -0.2) is 42.5 Å². The van der Waals surface area contributed by atoms with Gasteiger partial charge in [-0.3, -0.25) is 25.2 Å². The van der Waals surface area contributed by atoms with Gasteiger partial charge in [-0.1, -0.05) is 18.2 Å². The van der Waals surface area contributed by atoms with Crippen LogP contribution in [0.15, 0.2) is 46.7 Å². The summed E-state index contributed by atoms with van der Waals surface area (Å²) in [4.78, 5) is 38.5. The minimum absolute atomic E-state index is 0.0405. The summed E-state index contributed by atoms with van der Waals surface area (Å²) in [6, 6.07) is 10.4. The van der Waals surface area contributed by atoms with E-state index in [1.54, 1.807) is 55.9 Å². The largest absolute Gasteiger partial charge is 0.348 e. The summed E-state index contributed by atoms with van der Waals surface area (Å²) in [5.41, 5.74) is 5.18. The van der Waals surface area contributed by atoms with Crippen molar-refractivity contribution in [1.29, 1.82) is 0 Å². The SMILES string of the molecule is CN(C)C(=O)CSc1ccccc1C(=O)NNC(=O)c1cccs1. The van der Waals surface area contributed by atoms with Gasteiger partial charge in [-0.25, -0.2) is 0 Å². The van der Waals surface area contributed by atoms with Gasteiger partial charge in [-0.05, 0) is 23.6 Å². The number of amides is 3. The van der Waals surface area contributed by atoms with E-state index in [4.69, 9.17) is 0 Å². The zero-order valence-electron chi connectivity index (χ0n) is 13.2. The predicted octanol–water partition coefficient (Wildman–Crippen LogP) is 2.00. The molecule has 0 radical (unpaired) electrons. The number of rotatable bonds is 5. The second-order valence-electron chi connectivity index (χ2n) is 4.96. The molecular weight excluding hydrogens is 346 g/mol. The Morgan fingerprint density at radius 2 is 1.75 bits per heavy atom. The minimum atomic E-state index is -0.430. The lowest BCUT2D eigenvalue weighted by atomic mass is 10.2. The molecule has 6 nitrogen and oxygen atoms in total. The first-order chi connectivity index (χ1) is 11.5. The normalized spacial score (nSPS) is 10.1. The maximum absolute atomic E-state index is 12.3. The van der Waals surface area contributed by atoms with Crippen LogP contribution in [0.3, 0.4) is 0 Å². The van der Waals surface area contributed by atoms with E-state index in [1.165, 1.54) is 28.0 Å². The van der Waals surface area contributed by atoms with Crippen LogP contribution in [0.1, 0.15) is 20.0 Å². The van der Waals surface area contributed by atoms with Gasteiger partial charge >= 0.3 is 0 Å². The molecule has 126 valence electrons. The van der Waals surface area contributed by atoms with E-state index in [0.29, 0.717) is 15.3 Å². The Hall–Kier alpha value is -2.32. The molecule has 2 rings (SSSR count). The van der Waals surface area contributed by atoms with Gasteiger partial charge in [-0.15, -0.1) is 23.1 Å². The van der Waals surface area contributed by atoms with E-state index in [1.807, 2.05) is 0 Å². The number of nitrogens with one attached hydrogen (secondary N) is 2. The van der Waals surface area contributed by atoms with Crippen LogP contribution in [0.5, 0.6) is 0 Å². The van der Waals surface area contributed by atoms with E-state index in [0.717, 1.165) is 0 Å². The summed E-state index contributed by atoms with van der Waals surface area (Å²) >= 11 is 2.57. The Labute approximate surface area is 148 Å². The first-order valence-corrected chi connectivity index (χ1v) is 8.91. The number of carbonyl (C=O) groups excluding carboxylic acids is 3. The van der Waals surface area contributed by atoms with Gasteiger partial charge in [0.05, 0.1) is 16.2 Å². The van der Waals surface area contributed by atoms with Gasteiger partial charge in [-0.2, -0.15) is 0 Å². The van der Waals surface area contributed by atoms with Crippen molar-refractivity contribution in [3.05, 3.63) is 52.2 Å². The Kier molecular flexibility index (Phi) is 6.39. The minimum Gasteiger partial charge on any atom is -0.348 e. The van der Waals surface area contributed by atoms with Gasteiger partial charge < -0.3 is 4.90 Å². The van der Waals surface area contributed by atoms with Gasteiger partial charge in [0, 0.05) is 19.0 Å². The average molecular weight is 363 g/mol. The zero-order valence-corrected chi connectivity index (χ0v) is 14.9. The van der Waals surface area contributed by atoms with Crippen LogP contribution in [0, 0.1) is 0 Å². The van der Waals surface area contributed by atoms with Crippen molar-refractivity contribution < 1.29 is 14.4 Å². The molecule has 0 aliphatic rings. The van der Waals surface area contributed by atoms with Crippen molar-refractivity contribution in [3.8, 4) is 0 Å². The van der Waals surface area contributed by atoms with Crippen molar-refractivity contribution in [3.63, 3.8) is 0 Å². The summed E-state index contributed by atoms with van der Waals surface area (Å²) < 4.78 is 0. The van der Waals surface area contributed by atoms with E-state index in [9.17, 15) is 14.4 Å². The van der Waals surface area contributed by atoms with Crippen LogP contribution in [0.2, 0.25) is 0 Å². The molecule has 0 fully saturated rings. The number of hydrogen-bond donors (Lipinski definition) is 2. The van der Waals surface area contributed by atoms with E-state index in [-0.39, 0.29) is 17.6 Å². The predicted molar refractivity (Wildman–Crippen MR) is 95.1 cm³/mol. The quantitative estimate of drug-likeness (QED) is 0.629. The lowest BCUT2D eigenvalue weighted by Crippen LogP contribution is -2.41. The van der Waals surface area contributed by atoms with Gasteiger partial charge in [0.15, 0.2) is 0 Å². The maximum Gasteiger partial charge on any atom is 0.279 e. The second-order valence-corrected chi connectivity index (χ2v) is 6.92. The van der Waals surface area contributed by atoms with E-state index < -0.39 is 5.91 Å². The number of nitrogens with zero attached hydrogens (tertiary/aromatic N) is 1. The summed E-state index contributed by atoms with van der Waals surface area (Å²) in [6.45, 7) is 0. The highest BCUT2D eigenvalue weighted by atomic mass is 32.2. The molecule has 1 aromatic heterocycles. The van der Waals surface area contributed by atoms with E-state index in [2.05, 4.69) is 10.9 Å². The molecule has 0 aliphatic heterocycles. The first kappa shape index (κ1) is 18.0. The van der Waals surface area contributed by atoms with Crippen molar-refractivity contribution in [2.24, 2.45) is 0 Å². The molecular formula is C16H17N3O3S2. The lowest BCUT2D eigenvalue weighted by Gasteiger charge is -2.12. The highest BCUT2D eigenvalue weighted by Gasteiger charge is 2.14. The van der Waals surface area contributed by atoms with Crippen LogP contribution in [0.4, 0.5) is 0 Å². The monoisotopic (exact) mass is 363 g/mol. The third-order valence-electron chi connectivity index (χ3n) is 3.02. The molecule has 0 unspecified atom stereocenters. The smallest absolute Gasteiger partial charge is 0.279 e. The molecule has 0 bridgehead atoms. The Balaban J connectivity index is 1.99. The second kappa shape index (κ2) is 8.51. The third-order valence-corrected chi connectivity index (χ3v) is 4.94. The molecule has 2 aromatic rings.